The Morgan fingerprint density at radius 2 is 1.81 bits per heavy atom. The highest BCUT2D eigenvalue weighted by Crippen LogP contribution is 2.20. The first-order valence-electron chi connectivity index (χ1n) is 9.35. The quantitative estimate of drug-likeness (QED) is 0.781. The summed E-state index contributed by atoms with van der Waals surface area (Å²) in [5.74, 6) is 0.841. The molecule has 1 aliphatic heterocycles. The summed E-state index contributed by atoms with van der Waals surface area (Å²) in [6.07, 6.45) is 1.23. The number of rotatable bonds is 7. The fourth-order valence-corrected chi connectivity index (χ4v) is 3.26. The Morgan fingerprint density at radius 3 is 2.38 bits per heavy atom. The predicted molar refractivity (Wildman–Crippen MR) is 104 cm³/mol. The van der Waals surface area contributed by atoms with Crippen LogP contribution in [0.1, 0.15) is 33.3 Å². The average Bonchev–Trinajstić information content (AvgIpc) is 2.60. The molecule has 1 aromatic carbocycles. The number of amides is 2. The van der Waals surface area contributed by atoms with Gasteiger partial charge in [0.15, 0.2) is 0 Å². The summed E-state index contributed by atoms with van der Waals surface area (Å²) in [6, 6.07) is 7.77. The van der Waals surface area contributed by atoms with E-state index in [9.17, 15) is 4.79 Å². The Morgan fingerprint density at radius 1 is 1.19 bits per heavy atom. The van der Waals surface area contributed by atoms with Crippen molar-refractivity contribution in [2.75, 3.05) is 33.3 Å². The van der Waals surface area contributed by atoms with Gasteiger partial charge in [0, 0.05) is 31.7 Å². The fraction of sp³-hybridized carbons (Fsp3) is 0.650. The van der Waals surface area contributed by atoms with Gasteiger partial charge in [0.2, 0.25) is 0 Å². The Labute approximate surface area is 157 Å². The third kappa shape index (κ3) is 6.18. The maximum atomic E-state index is 12.1. The molecule has 0 aromatic heterocycles. The van der Waals surface area contributed by atoms with E-state index in [4.69, 9.17) is 9.47 Å². The summed E-state index contributed by atoms with van der Waals surface area (Å²) in [7, 11) is 1.65. The summed E-state index contributed by atoms with van der Waals surface area (Å²) in [5, 5.41) is 5.93. The van der Waals surface area contributed by atoms with E-state index in [2.05, 4.69) is 43.2 Å². The summed E-state index contributed by atoms with van der Waals surface area (Å²) < 4.78 is 10.9. The maximum Gasteiger partial charge on any atom is 0.314 e. The molecule has 2 amide bonds. The van der Waals surface area contributed by atoms with Gasteiger partial charge in [-0.05, 0) is 51.8 Å². The van der Waals surface area contributed by atoms with Crippen molar-refractivity contribution < 1.29 is 14.3 Å². The van der Waals surface area contributed by atoms with Crippen LogP contribution in [-0.4, -0.2) is 62.0 Å². The first-order valence-corrected chi connectivity index (χ1v) is 9.35. The zero-order valence-corrected chi connectivity index (χ0v) is 16.7. The molecule has 1 saturated heterocycles. The first kappa shape index (κ1) is 20.5. The minimum atomic E-state index is -0.124. The lowest BCUT2D eigenvalue weighted by Gasteiger charge is -2.45. The maximum absolute atomic E-state index is 12.1. The molecule has 0 spiro atoms. The second-order valence-corrected chi connectivity index (χ2v) is 7.68. The van der Waals surface area contributed by atoms with Gasteiger partial charge in [-0.2, -0.15) is 0 Å². The summed E-state index contributed by atoms with van der Waals surface area (Å²) in [5.41, 5.74) is 1.06. The van der Waals surface area contributed by atoms with Crippen LogP contribution in [0.4, 0.5) is 4.79 Å². The van der Waals surface area contributed by atoms with E-state index in [0.29, 0.717) is 13.1 Å². The van der Waals surface area contributed by atoms with Crippen molar-refractivity contribution in [1.82, 2.24) is 15.5 Å². The predicted octanol–water partition coefficient (Wildman–Crippen LogP) is 2.42. The van der Waals surface area contributed by atoms with E-state index in [1.54, 1.807) is 7.11 Å². The topological polar surface area (TPSA) is 62.8 Å². The van der Waals surface area contributed by atoms with Crippen LogP contribution in [0.3, 0.4) is 0 Å². The molecule has 2 N–H and O–H groups in total. The van der Waals surface area contributed by atoms with Crippen molar-refractivity contribution in [2.45, 2.75) is 51.9 Å². The molecule has 1 fully saturated rings. The van der Waals surface area contributed by atoms with Gasteiger partial charge in [-0.15, -0.1) is 0 Å². The van der Waals surface area contributed by atoms with Crippen LogP contribution in [0.2, 0.25) is 0 Å². The number of hydrogen-bond donors (Lipinski definition) is 2. The van der Waals surface area contributed by atoms with Crippen molar-refractivity contribution >= 4 is 6.03 Å². The number of carbonyl (C=O) groups is 1. The van der Waals surface area contributed by atoms with Crippen LogP contribution >= 0.6 is 0 Å². The van der Waals surface area contributed by atoms with Gasteiger partial charge in [0.05, 0.1) is 19.3 Å². The van der Waals surface area contributed by atoms with Crippen molar-refractivity contribution in [3.05, 3.63) is 29.8 Å². The zero-order valence-electron chi connectivity index (χ0n) is 16.7. The van der Waals surface area contributed by atoms with Gasteiger partial charge in [-0.1, -0.05) is 12.1 Å². The second kappa shape index (κ2) is 9.24. The minimum absolute atomic E-state index is 0.111. The summed E-state index contributed by atoms with van der Waals surface area (Å²) >= 11 is 0. The molecule has 0 bridgehead atoms. The van der Waals surface area contributed by atoms with Gasteiger partial charge in [-0.3, -0.25) is 4.90 Å². The highest BCUT2D eigenvalue weighted by Gasteiger charge is 2.33. The molecule has 0 radical (unpaired) electrons. The van der Waals surface area contributed by atoms with Crippen LogP contribution in [0.5, 0.6) is 5.75 Å². The number of benzene rings is 1. The van der Waals surface area contributed by atoms with E-state index >= 15 is 0 Å². The summed E-state index contributed by atoms with van der Waals surface area (Å²) in [6.45, 7) is 11.5. The lowest BCUT2D eigenvalue weighted by Crippen LogP contribution is -2.59. The van der Waals surface area contributed by atoms with E-state index in [0.717, 1.165) is 25.3 Å². The third-order valence-corrected chi connectivity index (χ3v) is 4.82. The van der Waals surface area contributed by atoms with Crippen molar-refractivity contribution in [3.63, 3.8) is 0 Å². The van der Waals surface area contributed by atoms with Crippen molar-refractivity contribution in [1.29, 1.82) is 0 Å². The molecule has 0 saturated carbocycles. The molecule has 1 heterocycles. The Kier molecular flexibility index (Phi) is 7.29. The van der Waals surface area contributed by atoms with Crippen molar-refractivity contribution in [2.24, 2.45) is 0 Å². The van der Waals surface area contributed by atoms with Gasteiger partial charge in [0.25, 0.3) is 0 Å². The molecular weight excluding hydrogens is 330 g/mol. The first-order chi connectivity index (χ1) is 12.3. The van der Waals surface area contributed by atoms with Crippen molar-refractivity contribution in [3.8, 4) is 5.75 Å². The molecule has 0 unspecified atom stereocenters. The number of nitrogens with zero attached hydrogens (tertiary/aromatic N) is 1. The van der Waals surface area contributed by atoms with Crippen LogP contribution in [-0.2, 0) is 11.2 Å². The standard InChI is InChI=1S/C20H33N3O3/c1-15-12-23(13-16(2)26-15)20(3,4)14-22-19(24)21-11-10-17-6-8-18(25-5)9-7-17/h6-9,15-16H,10-14H2,1-5H3,(H2,21,22,24)/t15-,16-/m0/s1. The highest BCUT2D eigenvalue weighted by atomic mass is 16.5. The normalized spacial score (nSPS) is 21.3. The van der Waals surface area contributed by atoms with Gasteiger partial charge in [-0.25, -0.2) is 4.79 Å². The molecule has 1 aliphatic rings. The largest absolute Gasteiger partial charge is 0.497 e. The van der Waals surface area contributed by atoms with Crippen LogP contribution < -0.4 is 15.4 Å². The number of carbonyl (C=O) groups excluding carboxylic acids is 1. The van der Waals surface area contributed by atoms with E-state index < -0.39 is 0 Å². The second-order valence-electron chi connectivity index (χ2n) is 7.68. The molecule has 2 rings (SSSR count). The third-order valence-electron chi connectivity index (χ3n) is 4.82. The highest BCUT2D eigenvalue weighted by molar-refractivity contribution is 5.73. The fourth-order valence-electron chi connectivity index (χ4n) is 3.26. The smallest absolute Gasteiger partial charge is 0.314 e. The van der Waals surface area contributed by atoms with Gasteiger partial charge >= 0.3 is 6.03 Å². The molecule has 2 atom stereocenters. The number of urea groups is 1. The van der Waals surface area contributed by atoms with Crippen LogP contribution in [0, 0.1) is 0 Å². The van der Waals surface area contributed by atoms with Crippen LogP contribution in [0.15, 0.2) is 24.3 Å². The molecule has 146 valence electrons. The SMILES string of the molecule is COc1ccc(CCNC(=O)NCC(C)(C)N2C[C@H](C)O[C@@H](C)C2)cc1. The molecular formula is C20H33N3O3. The average molecular weight is 364 g/mol. The molecule has 0 aliphatic carbocycles. The monoisotopic (exact) mass is 363 g/mol. The zero-order chi connectivity index (χ0) is 19.2. The lowest BCUT2D eigenvalue weighted by atomic mass is 10.00. The molecule has 26 heavy (non-hydrogen) atoms. The number of morpholine rings is 1. The number of ether oxygens (including phenoxy) is 2. The number of nitrogens with one attached hydrogen (secondary N) is 2. The number of methoxy groups -OCH3 is 1. The Hall–Kier alpha value is -1.79. The molecule has 1 aromatic rings. The van der Waals surface area contributed by atoms with E-state index in [1.807, 2.05) is 24.3 Å². The number of hydrogen-bond acceptors (Lipinski definition) is 4. The van der Waals surface area contributed by atoms with Crippen LogP contribution in [0.25, 0.3) is 0 Å². The minimum Gasteiger partial charge on any atom is -0.497 e. The van der Waals surface area contributed by atoms with Gasteiger partial charge < -0.3 is 20.1 Å². The van der Waals surface area contributed by atoms with E-state index in [1.165, 1.54) is 5.56 Å². The molecule has 6 heteroatoms. The Balaban J connectivity index is 1.71. The summed E-state index contributed by atoms with van der Waals surface area (Å²) in [4.78, 5) is 14.5. The van der Waals surface area contributed by atoms with Gasteiger partial charge in [0.1, 0.15) is 5.75 Å². The Bertz CT molecular complexity index is 564. The lowest BCUT2D eigenvalue weighted by molar-refractivity contribution is -0.0947. The molecule has 6 nitrogen and oxygen atoms in total. The van der Waals surface area contributed by atoms with E-state index in [-0.39, 0.29) is 23.8 Å².